The average molecular weight is 268 g/mol. The first-order chi connectivity index (χ1) is 9.65. The Morgan fingerprint density at radius 2 is 1.50 bits per heavy atom. The van der Waals surface area contributed by atoms with Crippen molar-refractivity contribution in [2.24, 2.45) is 11.7 Å². The van der Waals surface area contributed by atoms with Crippen LogP contribution < -0.4 is 11.1 Å². The van der Waals surface area contributed by atoms with Gasteiger partial charge in [-0.1, -0.05) is 56.3 Å². The molecule has 0 heterocycles. The molecule has 0 radical (unpaired) electrons. The van der Waals surface area contributed by atoms with Gasteiger partial charge in [-0.05, 0) is 35.6 Å². The Kier molecular flexibility index (Phi) is 5.19. The third kappa shape index (κ3) is 4.39. The molecule has 0 saturated heterocycles. The van der Waals surface area contributed by atoms with E-state index in [1.807, 2.05) is 6.07 Å². The zero-order chi connectivity index (χ0) is 14.4. The van der Waals surface area contributed by atoms with Crippen LogP contribution in [-0.2, 0) is 0 Å². The molecule has 0 bridgehead atoms. The number of benzene rings is 2. The molecule has 2 heteroatoms. The number of nitrogens with one attached hydrogen (secondary N) is 1. The molecule has 0 aliphatic carbocycles. The summed E-state index contributed by atoms with van der Waals surface area (Å²) in [5.41, 5.74) is 9.69. The molecule has 2 aromatic carbocycles. The van der Waals surface area contributed by atoms with Crippen molar-refractivity contribution in [3.8, 4) is 11.1 Å². The Morgan fingerprint density at radius 1 is 0.900 bits per heavy atom. The van der Waals surface area contributed by atoms with Gasteiger partial charge in [-0.2, -0.15) is 0 Å². The number of nitrogens with two attached hydrogens (primary N) is 1. The summed E-state index contributed by atoms with van der Waals surface area (Å²) in [7, 11) is 0. The van der Waals surface area contributed by atoms with Gasteiger partial charge in [-0.25, -0.2) is 0 Å². The fourth-order valence-electron chi connectivity index (χ4n) is 2.35. The van der Waals surface area contributed by atoms with Gasteiger partial charge in [0.2, 0.25) is 0 Å². The Labute approximate surface area is 122 Å². The molecule has 106 valence electrons. The van der Waals surface area contributed by atoms with E-state index in [0.29, 0.717) is 5.92 Å². The number of hydrogen-bond donors (Lipinski definition) is 2. The number of hydrogen-bond acceptors (Lipinski definition) is 2. The van der Waals surface area contributed by atoms with Crippen molar-refractivity contribution >= 4 is 5.69 Å². The molecule has 2 nitrogen and oxygen atoms in total. The van der Waals surface area contributed by atoms with Crippen molar-refractivity contribution in [2.75, 3.05) is 11.9 Å². The molecule has 0 aromatic heterocycles. The number of rotatable bonds is 6. The van der Waals surface area contributed by atoms with Crippen LogP contribution in [0.5, 0.6) is 0 Å². The van der Waals surface area contributed by atoms with Crippen LogP contribution >= 0.6 is 0 Å². The molecular formula is C18H24N2. The van der Waals surface area contributed by atoms with E-state index in [1.165, 1.54) is 11.1 Å². The van der Waals surface area contributed by atoms with Gasteiger partial charge in [-0.15, -0.1) is 0 Å². The zero-order valence-electron chi connectivity index (χ0n) is 12.3. The van der Waals surface area contributed by atoms with Crippen LogP contribution in [0.4, 0.5) is 5.69 Å². The maximum atomic E-state index is 6.08. The molecule has 0 spiro atoms. The molecule has 1 unspecified atom stereocenters. The predicted octanol–water partition coefficient (Wildman–Crippen LogP) is 4.14. The van der Waals surface area contributed by atoms with E-state index in [9.17, 15) is 0 Å². The quantitative estimate of drug-likeness (QED) is 0.826. The lowest BCUT2D eigenvalue weighted by atomic mass is 10.0. The molecule has 0 saturated carbocycles. The molecule has 0 amide bonds. The normalized spacial score (nSPS) is 12.4. The highest BCUT2D eigenvalue weighted by Gasteiger charge is 2.05. The summed E-state index contributed by atoms with van der Waals surface area (Å²) in [5, 5.41) is 3.40. The maximum Gasteiger partial charge on any atom is 0.0341 e. The van der Waals surface area contributed by atoms with E-state index in [-0.39, 0.29) is 6.04 Å². The van der Waals surface area contributed by atoms with Crippen molar-refractivity contribution in [3.05, 3.63) is 54.6 Å². The van der Waals surface area contributed by atoms with Crippen LogP contribution in [0, 0.1) is 5.92 Å². The van der Waals surface area contributed by atoms with Gasteiger partial charge < -0.3 is 11.1 Å². The molecule has 1 atom stereocenters. The van der Waals surface area contributed by atoms with Crippen LogP contribution in [0.15, 0.2) is 54.6 Å². The third-order valence-electron chi connectivity index (χ3n) is 3.33. The summed E-state index contributed by atoms with van der Waals surface area (Å²) < 4.78 is 0. The molecule has 2 rings (SSSR count). The van der Waals surface area contributed by atoms with E-state index in [2.05, 4.69) is 67.7 Å². The molecule has 0 aliphatic heterocycles. The Bertz CT molecular complexity index is 503. The topological polar surface area (TPSA) is 38.0 Å². The van der Waals surface area contributed by atoms with Crippen LogP contribution in [0.2, 0.25) is 0 Å². The van der Waals surface area contributed by atoms with Crippen molar-refractivity contribution in [1.82, 2.24) is 0 Å². The fourth-order valence-corrected chi connectivity index (χ4v) is 2.35. The Hall–Kier alpha value is -1.80. The lowest BCUT2D eigenvalue weighted by molar-refractivity contribution is 0.508. The van der Waals surface area contributed by atoms with Gasteiger partial charge in [0.25, 0.3) is 0 Å². The van der Waals surface area contributed by atoms with E-state index in [4.69, 9.17) is 5.73 Å². The maximum absolute atomic E-state index is 6.08. The second-order valence-electron chi connectivity index (χ2n) is 5.71. The summed E-state index contributed by atoms with van der Waals surface area (Å²) in [6.07, 6.45) is 1.05. The van der Waals surface area contributed by atoms with E-state index in [1.54, 1.807) is 0 Å². The van der Waals surface area contributed by atoms with Crippen molar-refractivity contribution in [1.29, 1.82) is 0 Å². The molecule has 0 fully saturated rings. The van der Waals surface area contributed by atoms with Gasteiger partial charge in [0, 0.05) is 18.3 Å². The zero-order valence-corrected chi connectivity index (χ0v) is 12.3. The first kappa shape index (κ1) is 14.6. The smallest absolute Gasteiger partial charge is 0.0341 e. The standard InChI is InChI=1S/C18H24N2/c1-14(2)12-17(19)13-20-18-10-8-16(9-11-18)15-6-4-3-5-7-15/h3-11,14,17,20H,12-13,19H2,1-2H3. The lowest BCUT2D eigenvalue weighted by Crippen LogP contribution is -2.30. The van der Waals surface area contributed by atoms with Gasteiger partial charge in [0.1, 0.15) is 0 Å². The second kappa shape index (κ2) is 7.11. The molecule has 2 aromatic rings. The predicted molar refractivity (Wildman–Crippen MR) is 87.8 cm³/mol. The highest BCUT2D eigenvalue weighted by atomic mass is 14.9. The first-order valence-corrected chi connectivity index (χ1v) is 7.30. The summed E-state index contributed by atoms with van der Waals surface area (Å²) in [6.45, 7) is 5.23. The highest BCUT2D eigenvalue weighted by Crippen LogP contribution is 2.21. The second-order valence-corrected chi connectivity index (χ2v) is 5.71. The summed E-state index contributed by atoms with van der Waals surface area (Å²) in [4.78, 5) is 0. The van der Waals surface area contributed by atoms with E-state index < -0.39 is 0 Å². The summed E-state index contributed by atoms with van der Waals surface area (Å²) in [5.74, 6) is 0.646. The van der Waals surface area contributed by atoms with Crippen LogP contribution in [0.25, 0.3) is 11.1 Å². The summed E-state index contributed by atoms with van der Waals surface area (Å²) >= 11 is 0. The minimum absolute atomic E-state index is 0.212. The fraction of sp³-hybridized carbons (Fsp3) is 0.333. The SMILES string of the molecule is CC(C)CC(N)CNc1ccc(-c2ccccc2)cc1. The Balaban J connectivity index is 1.92. The highest BCUT2D eigenvalue weighted by molar-refractivity contribution is 5.65. The van der Waals surface area contributed by atoms with Gasteiger partial charge in [-0.3, -0.25) is 0 Å². The lowest BCUT2D eigenvalue weighted by Gasteiger charge is -2.15. The summed E-state index contributed by atoms with van der Waals surface area (Å²) in [6, 6.07) is 19.1. The first-order valence-electron chi connectivity index (χ1n) is 7.30. The third-order valence-corrected chi connectivity index (χ3v) is 3.33. The monoisotopic (exact) mass is 268 g/mol. The van der Waals surface area contributed by atoms with E-state index >= 15 is 0 Å². The van der Waals surface area contributed by atoms with Crippen LogP contribution in [-0.4, -0.2) is 12.6 Å². The minimum Gasteiger partial charge on any atom is -0.383 e. The molecular weight excluding hydrogens is 244 g/mol. The van der Waals surface area contributed by atoms with Crippen molar-refractivity contribution in [2.45, 2.75) is 26.3 Å². The van der Waals surface area contributed by atoms with Gasteiger partial charge in [0.05, 0.1) is 0 Å². The van der Waals surface area contributed by atoms with E-state index in [0.717, 1.165) is 18.7 Å². The average Bonchev–Trinajstić information content (AvgIpc) is 2.46. The Morgan fingerprint density at radius 3 is 2.10 bits per heavy atom. The minimum atomic E-state index is 0.212. The van der Waals surface area contributed by atoms with Crippen LogP contribution in [0.3, 0.4) is 0 Å². The van der Waals surface area contributed by atoms with Gasteiger partial charge >= 0.3 is 0 Å². The van der Waals surface area contributed by atoms with Crippen LogP contribution in [0.1, 0.15) is 20.3 Å². The van der Waals surface area contributed by atoms with Crippen molar-refractivity contribution in [3.63, 3.8) is 0 Å². The molecule has 3 N–H and O–H groups in total. The van der Waals surface area contributed by atoms with Crippen molar-refractivity contribution < 1.29 is 0 Å². The molecule has 20 heavy (non-hydrogen) atoms. The number of anilines is 1. The largest absolute Gasteiger partial charge is 0.383 e. The van der Waals surface area contributed by atoms with Gasteiger partial charge in [0.15, 0.2) is 0 Å². The molecule has 0 aliphatic rings.